The molecule has 0 unspecified atom stereocenters. The SMILES string of the molecule is O=C(CS)Oc1ccc(-c2ccc(OC(=O)CS)cc2)cc1. The number of carbonyl (C=O) groups is 2. The summed E-state index contributed by atoms with van der Waals surface area (Å²) in [5.41, 5.74) is 1.91. The third kappa shape index (κ3) is 4.54. The maximum Gasteiger partial charge on any atom is 0.321 e. The van der Waals surface area contributed by atoms with Gasteiger partial charge in [0.05, 0.1) is 11.5 Å². The Labute approximate surface area is 139 Å². The highest BCUT2D eigenvalue weighted by molar-refractivity contribution is 7.81. The zero-order valence-electron chi connectivity index (χ0n) is 11.6. The molecule has 0 fully saturated rings. The topological polar surface area (TPSA) is 52.6 Å². The number of ether oxygens (including phenoxy) is 2. The van der Waals surface area contributed by atoms with E-state index in [1.54, 1.807) is 24.3 Å². The van der Waals surface area contributed by atoms with Crippen LogP contribution in [0.2, 0.25) is 0 Å². The molecule has 0 radical (unpaired) electrons. The number of hydrogen-bond acceptors (Lipinski definition) is 6. The Bertz CT molecular complexity index is 591. The van der Waals surface area contributed by atoms with Crippen molar-refractivity contribution in [3.63, 3.8) is 0 Å². The molecular formula is C16H14O4S2. The van der Waals surface area contributed by atoms with Crippen LogP contribution in [0.15, 0.2) is 48.5 Å². The Morgan fingerprint density at radius 1 is 0.682 bits per heavy atom. The second-order valence-corrected chi connectivity index (χ2v) is 4.95. The van der Waals surface area contributed by atoms with Crippen molar-refractivity contribution in [1.82, 2.24) is 0 Å². The highest BCUT2D eigenvalue weighted by Gasteiger charge is 2.05. The Morgan fingerprint density at radius 3 is 1.27 bits per heavy atom. The molecule has 22 heavy (non-hydrogen) atoms. The van der Waals surface area contributed by atoms with Crippen molar-refractivity contribution in [3.05, 3.63) is 48.5 Å². The van der Waals surface area contributed by atoms with Gasteiger partial charge in [-0.25, -0.2) is 0 Å². The van der Waals surface area contributed by atoms with E-state index in [1.165, 1.54) is 0 Å². The smallest absolute Gasteiger partial charge is 0.321 e. The van der Waals surface area contributed by atoms with Gasteiger partial charge in [-0.1, -0.05) is 24.3 Å². The average Bonchev–Trinajstić information content (AvgIpc) is 2.56. The Morgan fingerprint density at radius 2 is 1.00 bits per heavy atom. The minimum absolute atomic E-state index is 0.0359. The van der Waals surface area contributed by atoms with Crippen LogP contribution < -0.4 is 9.47 Å². The first-order valence-electron chi connectivity index (χ1n) is 6.46. The van der Waals surface area contributed by atoms with Crippen LogP contribution in [0.4, 0.5) is 0 Å². The molecule has 0 saturated carbocycles. The molecule has 2 aromatic carbocycles. The maximum absolute atomic E-state index is 11.1. The second-order valence-electron chi connectivity index (χ2n) is 4.31. The minimum Gasteiger partial charge on any atom is -0.426 e. The molecule has 0 aliphatic carbocycles. The Kier molecular flexibility index (Phi) is 5.91. The molecule has 0 aliphatic heterocycles. The van der Waals surface area contributed by atoms with Gasteiger partial charge in [0.1, 0.15) is 11.5 Å². The standard InChI is InChI=1S/C16H14O4S2/c17-15(9-21)19-13-5-1-11(2-6-13)12-3-7-14(8-4-12)20-16(18)10-22/h1-8,21-22H,9-10H2. The number of thiol groups is 2. The number of hydrogen-bond donors (Lipinski definition) is 2. The van der Waals surface area contributed by atoms with E-state index in [0.717, 1.165) is 11.1 Å². The summed E-state index contributed by atoms with van der Waals surface area (Å²) < 4.78 is 10.1. The first-order chi connectivity index (χ1) is 10.6. The van der Waals surface area contributed by atoms with Crippen LogP contribution in [0.25, 0.3) is 11.1 Å². The third-order valence-corrected chi connectivity index (χ3v) is 3.28. The highest BCUT2D eigenvalue weighted by Crippen LogP contribution is 2.24. The molecule has 0 heterocycles. The summed E-state index contributed by atoms with van der Waals surface area (Å²) in [6.07, 6.45) is 0. The van der Waals surface area contributed by atoms with Crippen molar-refractivity contribution in [2.24, 2.45) is 0 Å². The minimum atomic E-state index is -0.397. The van der Waals surface area contributed by atoms with Gasteiger partial charge in [0.2, 0.25) is 0 Å². The van der Waals surface area contributed by atoms with Gasteiger partial charge in [-0.2, -0.15) is 25.3 Å². The fraction of sp³-hybridized carbons (Fsp3) is 0.125. The maximum atomic E-state index is 11.1. The van der Waals surface area contributed by atoms with Crippen LogP contribution in [0, 0.1) is 0 Å². The predicted molar refractivity (Wildman–Crippen MR) is 90.9 cm³/mol. The number of carbonyl (C=O) groups excluding carboxylic acids is 2. The van der Waals surface area contributed by atoms with Crippen molar-refractivity contribution >= 4 is 37.2 Å². The van der Waals surface area contributed by atoms with Gasteiger partial charge in [-0.05, 0) is 35.4 Å². The predicted octanol–water partition coefficient (Wildman–Crippen LogP) is 3.02. The van der Waals surface area contributed by atoms with E-state index >= 15 is 0 Å². The molecule has 114 valence electrons. The van der Waals surface area contributed by atoms with Gasteiger partial charge in [-0.15, -0.1) is 0 Å². The largest absolute Gasteiger partial charge is 0.426 e. The van der Waals surface area contributed by atoms with Gasteiger partial charge < -0.3 is 9.47 Å². The molecule has 4 nitrogen and oxygen atoms in total. The van der Waals surface area contributed by atoms with Crippen LogP contribution in [-0.2, 0) is 9.59 Å². The molecule has 0 atom stereocenters. The first-order valence-corrected chi connectivity index (χ1v) is 7.72. The van der Waals surface area contributed by atoms with Crippen molar-refractivity contribution in [2.45, 2.75) is 0 Å². The molecule has 0 amide bonds. The molecule has 0 N–H and O–H groups in total. The van der Waals surface area contributed by atoms with E-state index in [0.29, 0.717) is 11.5 Å². The zero-order chi connectivity index (χ0) is 15.9. The van der Waals surface area contributed by atoms with Crippen LogP contribution in [0.5, 0.6) is 11.5 Å². The molecule has 6 heteroatoms. The number of benzene rings is 2. The van der Waals surface area contributed by atoms with E-state index in [9.17, 15) is 9.59 Å². The zero-order valence-corrected chi connectivity index (χ0v) is 13.3. The molecule has 0 spiro atoms. The summed E-state index contributed by atoms with van der Waals surface area (Å²) in [6, 6.07) is 14.2. The van der Waals surface area contributed by atoms with Gasteiger partial charge in [0.25, 0.3) is 0 Å². The molecule has 0 saturated heterocycles. The molecule has 0 bridgehead atoms. The lowest BCUT2D eigenvalue weighted by Crippen LogP contribution is -2.08. The lowest BCUT2D eigenvalue weighted by atomic mass is 10.1. The first kappa shape index (κ1) is 16.5. The van der Waals surface area contributed by atoms with E-state index in [4.69, 9.17) is 9.47 Å². The number of rotatable bonds is 5. The summed E-state index contributed by atoms with van der Waals surface area (Å²) in [4.78, 5) is 22.3. The molecule has 2 aromatic rings. The summed E-state index contributed by atoms with van der Waals surface area (Å²) >= 11 is 7.70. The molecule has 0 aliphatic rings. The van der Waals surface area contributed by atoms with Crippen molar-refractivity contribution in [2.75, 3.05) is 11.5 Å². The van der Waals surface area contributed by atoms with Crippen LogP contribution >= 0.6 is 25.3 Å². The lowest BCUT2D eigenvalue weighted by molar-refractivity contribution is -0.132. The van der Waals surface area contributed by atoms with Crippen LogP contribution in [-0.4, -0.2) is 23.4 Å². The lowest BCUT2D eigenvalue weighted by Gasteiger charge is -2.06. The Hall–Kier alpha value is -1.92. The fourth-order valence-corrected chi connectivity index (χ4v) is 1.89. The van der Waals surface area contributed by atoms with E-state index in [1.807, 2.05) is 24.3 Å². The van der Waals surface area contributed by atoms with Crippen molar-refractivity contribution in [3.8, 4) is 22.6 Å². The third-order valence-electron chi connectivity index (χ3n) is 2.76. The average molecular weight is 334 g/mol. The second kappa shape index (κ2) is 7.91. The van der Waals surface area contributed by atoms with Gasteiger partial charge >= 0.3 is 11.9 Å². The molecule has 0 aromatic heterocycles. The van der Waals surface area contributed by atoms with Gasteiger partial charge in [0.15, 0.2) is 0 Å². The normalized spacial score (nSPS) is 10.1. The van der Waals surface area contributed by atoms with Crippen molar-refractivity contribution < 1.29 is 19.1 Å². The summed E-state index contributed by atoms with van der Waals surface area (Å²) in [6.45, 7) is 0. The fourth-order valence-electron chi connectivity index (χ4n) is 1.76. The van der Waals surface area contributed by atoms with Gasteiger partial charge in [0, 0.05) is 0 Å². The Balaban J connectivity index is 2.08. The summed E-state index contributed by atoms with van der Waals surface area (Å²) in [5.74, 6) is 0.227. The van der Waals surface area contributed by atoms with E-state index in [2.05, 4.69) is 25.3 Å². The van der Waals surface area contributed by atoms with Crippen LogP contribution in [0.1, 0.15) is 0 Å². The summed E-state index contributed by atoms with van der Waals surface area (Å²) in [7, 11) is 0. The van der Waals surface area contributed by atoms with E-state index in [-0.39, 0.29) is 11.5 Å². The molecule has 2 rings (SSSR count). The molecular weight excluding hydrogens is 320 g/mol. The summed E-state index contributed by atoms with van der Waals surface area (Å²) in [5, 5.41) is 0. The van der Waals surface area contributed by atoms with Crippen molar-refractivity contribution in [1.29, 1.82) is 0 Å². The van der Waals surface area contributed by atoms with Crippen LogP contribution in [0.3, 0.4) is 0 Å². The highest BCUT2D eigenvalue weighted by atomic mass is 32.1. The monoisotopic (exact) mass is 334 g/mol. The van der Waals surface area contributed by atoms with Gasteiger partial charge in [-0.3, -0.25) is 9.59 Å². The van der Waals surface area contributed by atoms with E-state index < -0.39 is 11.9 Å². The number of esters is 2. The quantitative estimate of drug-likeness (QED) is 0.501.